The Morgan fingerprint density at radius 3 is 2.54 bits per heavy atom. The van der Waals surface area contributed by atoms with Crippen molar-refractivity contribution in [3.8, 4) is 0 Å². The minimum absolute atomic E-state index is 0.351. The van der Waals surface area contributed by atoms with Crippen molar-refractivity contribution in [2.24, 2.45) is 16.6 Å². The average molecular weight is 183 g/mol. The predicted molar refractivity (Wildman–Crippen MR) is 53.5 cm³/mol. The summed E-state index contributed by atoms with van der Waals surface area (Å²) in [6, 6.07) is 0.401. The van der Waals surface area contributed by atoms with Gasteiger partial charge in [0.1, 0.15) is 0 Å². The van der Waals surface area contributed by atoms with Gasteiger partial charge in [0.2, 0.25) is 0 Å². The quantitative estimate of drug-likeness (QED) is 0.674. The first-order chi connectivity index (χ1) is 6.04. The molecule has 0 bridgehead atoms. The molecule has 3 unspecified atom stereocenters. The lowest BCUT2D eigenvalue weighted by atomic mass is 9.84. The zero-order chi connectivity index (χ0) is 9.69. The molecule has 1 saturated heterocycles. The molecule has 1 saturated carbocycles. The molecule has 2 N–H and O–H groups in total. The molecule has 3 atom stereocenters. The van der Waals surface area contributed by atoms with Crippen molar-refractivity contribution in [3.63, 3.8) is 0 Å². The summed E-state index contributed by atoms with van der Waals surface area (Å²) < 4.78 is 5.69. The van der Waals surface area contributed by atoms with Gasteiger partial charge in [-0.1, -0.05) is 20.8 Å². The first-order valence-electron chi connectivity index (χ1n) is 5.42. The van der Waals surface area contributed by atoms with Crippen LogP contribution in [0.1, 0.15) is 40.0 Å². The summed E-state index contributed by atoms with van der Waals surface area (Å²) in [5.41, 5.74) is 6.93. The van der Waals surface area contributed by atoms with Crippen LogP contribution in [0, 0.1) is 10.8 Å². The highest BCUT2D eigenvalue weighted by atomic mass is 16.5. The maximum Gasteiger partial charge on any atom is 0.0578 e. The van der Waals surface area contributed by atoms with Crippen LogP contribution in [0.3, 0.4) is 0 Å². The van der Waals surface area contributed by atoms with Gasteiger partial charge in [0.25, 0.3) is 0 Å². The lowest BCUT2D eigenvalue weighted by molar-refractivity contribution is -0.0278. The van der Waals surface area contributed by atoms with E-state index in [4.69, 9.17) is 10.5 Å². The molecule has 2 aliphatic rings. The molecule has 1 aliphatic carbocycles. The van der Waals surface area contributed by atoms with Crippen molar-refractivity contribution in [3.05, 3.63) is 0 Å². The molecule has 0 amide bonds. The van der Waals surface area contributed by atoms with Crippen LogP contribution in [0.15, 0.2) is 0 Å². The van der Waals surface area contributed by atoms with E-state index >= 15 is 0 Å². The average Bonchev–Trinajstić information content (AvgIpc) is 2.52. The normalized spacial score (nSPS) is 48.0. The van der Waals surface area contributed by atoms with E-state index in [0.29, 0.717) is 23.0 Å². The zero-order valence-corrected chi connectivity index (χ0v) is 8.97. The molecule has 0 radical (unpaired) electrons. The summed E-state index contributed by atoms with van der Waals surface area (Å²) in [5, 5.41) is 0. The van der Waals surface area contributed by atoms with Crippen molar-refractivity contribution in [2.45, 2.75) is 52.2 Å². The van der Waals surface area contributed by atoms with Gasteiger partial charge in [-0.15, -0.1) is 0 Å². The molecule has 76 valence electrons. The van der Waals surface area contributed by atoms with E-state index in [-0.39, 0.29) is 0 Å². The van der Waals surface area contributed by atoms with Gasteiger partial charge in [-0.2, -0.15) is 0 Å². The van der Waals surface area contributed by atoms with Gasteiger partial charge in [0.05, 0.1) is 6.10 Å². The Bertz CT molecular complexity index is 214. The van der Waals surface area contributed by atoms with Gasteiger partial charge in [0, 0.05) is 12.6 Å². The van der Waals surface area contributed by atoms with Crippen molar-refractivity contribution < 1.29 is 4.74 Å². The van der Waals surface area contributed by atoms with Gasteiger partial charge >= 0.3 is 0 Å². The Kier molecular flexibility index (Phi) is 1.97. The smallest absolute Gasteiger partial charge is 0.0578 e. The summed E-state index contributed by atoms with van der Waals surface area (Å²) in [6.45, 7) is 7.71. The summed E-state index contributed by atoms with van der Waals surface area (Å²) >= 11 is 0. The summed E-state index contributed by atoms with van der Waals surface area (Å²) in [4.78, 5) is 0. The standard InChI is InChI=1S/C11H21NO/c1-4-8-7-11(5-6-13-8)9(12)10(11,2)3/h8-9H,4-7,12H2,1-3H3. The fourth-order valence-electron chi connectivity index (χ4n) is 3.09. The van der Waals surface area contributed by atoms with Gasteiger partial charge in [-0.25, -0.2) is 0 Å². The largest absolute Gasteiger partial charge is 0.378 e. The highest BCUT2D eigenvalue weighted by molar-refractivity contribution is 5.21. The van der Waals surface area contributed by atoms with Crippen LogP contribution in [0.5, 0.6) is 0 Å². The van der Waals surface area contributed by atoms with Crippen molar-refractivity contribution in [2.75, 3.05) is 6.61 Å². The molecule has 2 rings (SSSR count). The summed E-state index contributed by atoms with van der Waals surface area (Å²) in [5.74, 6) is 0. The van der Waals surface area contributed by atoms with E-state index in [2.05, 4.69) is 20.8 Å². The van der Waals surface area contributed by atoms with Crippen molar-refractivity contribution in [1.29, 1.82) is 0 Å². The van der Waals surface area contributed by atoms with Crippen LogP contribution >= 0.6 is 0 Å². The van der Waals surface area contributed by atoms with Crippen molar-refractivity contribution >= 4 is 0 Å². The first-order valence-corrected chi connectivity index (χ1v) is 5.42. The number of nitrogens with two attached hydrogens (primary N) is 1. The second-order valence-corrected chi connectivity index (χ2v) is 5.21. The molecule has 0 aromatic heterocycles. The molecule has 2 nitrogen and oxygen atoms in total. The second kappa shape index (κ2) is 2.71. The number of hydrogen-bond donors (Lipinski definition) is 1. The van der Waals surface area contributed by atoms with Gasteiger partial charge in [-0.05, 0) is 30.1 Å². The van der Waals surface area contributed by atoms with E-state index in [1.807, 2.05) is 0 Å². The molecule has 2 fully saturated rings. The van der Waals surface area contributed by atoms with Crippen LogP contribution in [0.25, 0.3) is 0 Å². The van der Waals surface area contributed by atoms with Crippen LogP contribution in [-0.2, 0) is 4.74 Å². The molecule has 1 aliphatic heterocycles. The van der Waals surface area contributed by atoms with Gasteiger partial charge in [-0.3, -0.25) is 0 Å². The number of rotatable bonds is 1. The fraction of sp³-hybridized carbons (Fsp3) is 1.00. The summed E-state index contributed by atoms with van der Waals surface area (Å²) in [7, 11) is 0. The van der Waals surface area contributed by atoms with E-state index in [1.54, 1.807) is 0 Å². The zero-order valence-electron chi connectivity index (χ0n) is 8.97. The Morgan fingerprint density at radius 2 is 2.08 bits per heavy atom. The van der Waals surface area contributed by atoms with Crippen molar-refractivity contribution in [1.82, 2.24) is 0 Å². The fourth-order valence-corrected chi connectivity index (χ4v) is 3.09. The SMILES string of the molecule is CCC1CC2(CCO1)C(N)C2(C)C. The summed E-state index contributed by atoms with van der Waals surface area (Å²) in [6.07, 6.45) is 3.93. The number of ether oxygens (including phenoxy) is 1. The van der Waals surface area contributed by atoms with E-state index < -0.39 is 0 Å². The molecule has 2 heteroatoms. The Morgan fingerprint density at radius 1 is 1.46 bits per heavy atom. The predicted octanol–water partition coefficient (Wildman–Crippen LogP) is 1.93. The highest BCUT2D eigenvalue weighted by Gasteiger charge is 2.69. The molecule has 1 spiro atoms. The Labute approximate surface area is 80.8 Å². The number of hydrogen-bond acceptors (Lipinski definition) is 2. The molecular weight excluding hydrogens is 162 g/mol. The molecule has 0 aromatic carbocycles. The van der Waals surface area contributed by atoms with Gasteiger partial charge < -0.3 is 10.5 Å². The van der Waals surface area contributed by atoms with E-state index in [1.165, 1.54) is 6.42 Å². The van der Waals surface area contributed by atoms with E-state index in [0.717, 1.165) is 19.4 Å². The molecule has 1 heterocycles. The van der Waals surface area contributed by atoms with Crippen LogP contribution in [0.4, 0.5) is 0 Å². The lowest BCUT2D eigenvalue weighted by Gasteiger charge is -2.31. The molecule has 13 heavy (non-hydrogen) atoms. The Hall–Kier alpha value is -0.0800. The molecule has 0 aromatic rings. The lowest BCUT2D eigenvalue weighted by Crippen LogP contribution is -2.30. The minimum Gasteiger partial charge on any atom is -0.378 e. The third-order valence-corrected chi connectivity index (χ3v) is 4.52. The third-order valence-electron chi connectivity index (χ3n) is 4.52. The van der Waals surface area contributed by atoms with Crippen LogP contribution in [-0.4, -0.2) is 18.8 Å². The second-order valence-electron chi connectivity index (χ2n) is 5.21. The van der Waals surface area contributed by atoms with Crippen LogP contribution in [0.2, 0.25) is 0 Å². The maximum atomic E-state index is 6.17. The van der Waals surface area contributed by atoms with Gasteiger partial charge in [0.15, 0.2) is 0 Å². The first kappa shape index (κ1) is 9.47. The molecular formula is C11H21NO. The maximum absolute atomic E-state index is 6.17. The monoisotopic (exact) mass is 183 g/mol. The topological polar surface area (TPSA) is 35.2 Å². The Balaban J connectivity index is 2.09. The minimum atomic E-state index is 0.351. The third kappa shape index (κ3) is 1.08. The van der Waals surface area contributed by atoms with Crippen LogP contribution < -0.4 is 5.73 Å². The van der Waals surface area contributed by atoms with E-state index in [9.17, 15) is 0 Å². The highest BCUT2D eigenvalue weighted by Crippen LogP contribution is 2.67.